The third kappa shape index (κ3) is 3.58. The average Bonchev–Trinajstić information content (AvgIpc) is 2.29. The molecule has 18 heavy (non-hydrogen) atoms. The minimum Gasteiger partial charge on any atom is -0.480 e. The zero-order valence-corrected chi connectivity index (χ0v) is 10.8. The average molecular weight is 260 g/mol. The van der Waals surface area contributed by atoms with Crippen molar-refractivity contribution < 1.29 is 24.5 Å². The normalized spacial score (nSPS) is 17.2. The number of aliphatic carboxylic acids is 1. The Bertz CT molecular complexity index is 315. The fraction of sp³-hybridized carbons (Fsp3) is 0.818. The van der Waals surface area contributed by atoms with Crippen molar-refractivity contribution in [2.45, 2.75) is 19.4 Å². The van der Waals surface area contributed by atoms with Crippen molar-refractivity contribution in [3.8, 4) is 0 Å². The lowest BCUT2D eigenvalue weighted by molar-refractivity contribution is -0.160. The summed E-state index contributed by atoms with van der Waals surface area (Å²) < 4.78 is 5.22. The molecule has 2 N–H and O–H groups in total. The van der Waals surface area contributed by atoms with Crippen LogP contribution in [0, 0.1) is 0 Å². The molecule has 1 heterocycles. The van der Waals surface area contributed by atoms with Gasteiger partial charge in [-0.2, -0.15) is 0 Å². The first kappa shape index (κ1) is 14.7. The second-order valence-corrected chi connectivity index (χ2v) is 4.57. The number of nitrogens with zero attached hydrogens (tertiary/aromatic N) is 2. The summed E-state index contributed by atoms with van der Waals surface area (Å²) in [7, 11) is 0. The molecule has 0 bridgehead atoms. The number of likely N-dealkylation sites (tertiary alicyclic amines) is 1. The highest BCUT2D eigenvalue weighted by Crippen LogP contribution is 2.25. The molecule has 0 aliphatic carbocycles. The highest BCUT2D eigenvalue weighted by Gasteiger charge is 2.43. The molecule has 1 aliphatic heterocycles. The number of urea groups is 1. The summed E-state index contributed by atoms with van der Waals surface area (Å²) in [6.07, 6.45) is 0. The summed E-state index contributed by atoms with van der Waals surface area (Å²) in [6, 6.07) is -0.150. The number of ether oxygens (including phenoxy) is 1. The lowest BCUT2D eigenvalue weighted by atomic mass is 9.97. The number of carboxylic acid groups (broad SMARTS) is 1. The van der Waals surface area contributed by atoms with Crippen LogP contribution in [0.3, 0.4) is 0 Å². The van der Waals surface area contributed by atoms with E-state index in [0.717, 1.165) is 0 Å². The first-order chi connectivity index (χ1) is 8.41. The highest BCUT2D eigenvalue weighted by atomic mass is 16.5. The van der Waals surface area contributed by atoms with E-state index in [0.29, 0.717) is 26.2 Å². The second-order valence-electron chi connectivity index (χ2n) is 4.57. The summed E-state index contributed by atoms with van der Waals surface area (Å²) in [5.74, 6) is -1.02. The van der Waals surface area contributed by atoms with Gasteiger partial charge in [-0.15, -0.1) is 0 Å². The fourth-order valence-electron chi connectivity index (χ4n) is 1.93. The molecule has 104 valence electrons. The van der Waals surface area contributed by atoms with Gasteiger partial charge in [0, 0.05) is 13.1 Å². The van der Waals surface area contributed by atoms with Crippen LogP contribution in [0.15, 0.2) is 0 Å². The van der Waals surface area contributed by atoms with Crippen LogP contribution in [0.25, 0.3) is 0 Å². The molecule has 1 rings (SSSR count). The number of likely N-dealkylation sites (N-methyl/N-ethyl adjacent to an activating group) is 1. The number of amides is 2. The number of aliphatic hydroxyl groups excluding tert-OH is 1. The number of carbonyl (C=O) groups is 2. The van der Waals surface area contributed by atoms with E-state index in [9.17, 15) is 9.59 Å². The molecule has 0 saturated carbocycles. The summed E-state index contributed by atoms with van der Waals surface area (Å²) in [5.41, 5.74) is -0.577. The van der Waals surface area contributed by atoms with Gasteiger partial charge in [0.15, 0.2) is 0 Å². The van der Waals surface area contributed by atoms with Crippen LogP contribution in [0.2, 0.25) is 0 Å². The molecule has 0 aromatic heterocycles. The number of rotatable bonds is 6. The van der Waals surface area contributed by atoms with Gasteiger partial charge in [0.25, 0.3) is 0 Å². The van der Waals surface area contributed by atoms with Gasteiger partial charge in [-0.25, -0.2) is 9.59 Å². The Kier molecular flexibility index (Phi) is 4.92. The smallest absolute Gasteiger partial charge is 0.329 e. The molecule has 7 heteroatoms. The van der Waals surface area contributed by atoms with E-state index < -0.39 is 11.6 Å². The van der Waals surface area contributed by atoms with Crippen molar-refractivity contribution in [2.24, 2.45) is 0 Å². The maximum Gasteiger partial charge on any atom is 0.329 e. The lowest BCUT2D eigenvalue weighted by Gasteiger charge is -2.48. The number of aliphatic hydroxyl groups is 1. The Balaban J connectivity index is 2.40. The van der Waals surface area contributed by atoms with E-state index in [1.807, 2.05) is 6.92 Å². The first-order valence-electron chi connectivity index (χ1n) is 5.92. The van der Waals surface area contributed by atoms with Gasteiger partial charge in [0.1, 0.15) is 12.2 Å². The van der Waals surface area contributed by atoms with Crippen molar-refractivity contribution in [2.75, 3.05) is 39.4 Å². The predicted octanol–water partition coefficient (Wildman–Crippen LogP) is -0.404. The zero-order chi connectivity index (χ0) is 13.8. The quantitative estimate of drug-likeness (QED) is 0.678. The summed E-state index contributed by atoms with van der Waals surface area (Å²) in [4.78, 5) is 25.5. The minimum atomic E-state index is -1.02. The number of hydrogen-bond acceptors (Lipinski definition) is 4. The molecule has 2 amide bonds. The predicted molar refractivity (Wildman–Crippen MR) is 63.3 cm³/mol. The Morgan fingerprint density at radius 2 is 2.06 bits per heavy atom. The van der Waals surface area contributed by atoms with Crippen molar-refractivity contribution in [1.82, 2.24) is 9.80 Å². The van der Waals surface area contributed by atoms with Gasteiger partial charge in [0.2, 0.25) is 0 Å². The second kappa shape index (κ2) is 6.01. The molecule has 0 aromatic rings. The molecule has 7 nitrogen and oxygen atoms in total. The topological polar surface area (TPSA) is 90.3 Å². The molecule has 1 saturated heterocycles. The molecule has 0 spiro atoms. The van der Waals surface area contributed by atoms with E-state index in [4.69, 9.17) is 14.9 Å². The molecular weight excluding hydrogens is 240 g/mol. The fourth-order valence-corrected chi connectivity index (χ4v) is 1.93. The Morgan fingerprint density at radius 3 is 2.50 bits per heavy atom. The van der Waals surface area contributed by atoms with E-state index in [2.05, 4.69) is 0 Å². The molecule has 0 radical (unpaired) electrons. The van der Waals surface area contributed by atoms with E-state index >= 15 is 0 Å². The standard InChI is InChI=1S/C11H20N2O5/c1-3-12(4-5-14)10(17)13-7-11(2,8-13)18-6-9(15)16/h14H,3-8H2,1-2H3,(H,15,16). The summed E-state index contributed by atoms with van der Waals surface area (Å²) in [5, 5.41) is 17.4. The number of carbonyl (C=O) groups excluding carboxylic acids is 1. The van der Waals surface area contributed by atoms with Crippen LogP contribution in [-0.2, 0) is 9.53 Å². The van der Waals surface area contributed by atoms with E-state index in [1.54, 1.807) is 11.8 Å². The summed E-state index contributed by atoms with van der Waals surface area (Å²) >= 11 is 0. The SMILES string of the molecule is CCN(CCO)C(=O)N1CC(C)(OCC(=O)O)C1. The van der Waals surface area contributed by atoms with Crippen molar-refractivity contribution in [1.29, 1.82) is 0 Å². The van der Waals surface area contributed by atoms with Gasteiger partial charge in [-0.1, -0.05) is 0 Å². The Hall–Kier alpha value is -1.34. The monoisotopic (exact) mass is 260 g/mol. The van der Waals surface area contributed by atoms with Crippen LogP contribution in [0.5, 0.6) is 0 Å². The van der Waals surface area contributed by atoms with Gasteiger partial charge < -0.3 is 24.7 Å². The van der Waals surface area contributed by atoms with Crippen LogP contribution in [0.1, 0.15) is 13.8 Å². The van der Waals surface area contributed by atoms with E-state index in [-0.39, 0.29) is 19.2 Å². The molecule has 1 fully saturated rings. The minimum absolute atomic E-state index is 0.0692. The van der Waals surface area contributed by atoms with Crippen LogP contribution in [-0.4, -0.2) is 77.0 Å². The zero-order valence-electron chi connectivity index (χ0n) is 10.8. The molecule has 0 atom stereocenters. The Morgan fingerprint density at radius 1 is 1.44 bits per heavy atom. The first-order valence-corrected chi connectivity index (χ1v) is 5.92. The Labute approximate surface area is 106 Å². The van der Waals surface area contributed by atoms with Crippen molar-refractivity contribution in [3.63, 3.8) is 0 Å². The van der Waals surface area contributed by atoms with Crippen molar-refractivity contribution >= 4 is 12.0 Å². The van der Waals surface area contributed by atoms with Crippen LogP contribution in [0.4, 0.5) is 4.79 Å². The third-order valence-electron chi connectivity index (χ3n) is 2.89. The molecule has 0 unspecified atom stereocenters. The van der Waals surface area contributed by atoms with Gasteiger partial charge in [-0.3, -0.25) is 0 Å². The highest BCUT2D eigenvalue weighted by molar-refractivity contribution is 5.75. The number of carboxylic acids is 1. The third-order valence-corrected chi connectivity index (χ3v) is 2.89. The van der Waals surface area contributed by atoms with Crippen LogP contribution < -0.4 is 0 Å². The molecule has 0 aromatic carbocycles. The molecular formula is C11H20N2O5. The van der Waals surface area contributed by atoms with Crippen molar-refractivity contribution in [3.05, 3.63) is 0 Å². The van der Waals surface area contributed by atoms with Crippen LogP contribution >= 0.6 is 0 Å². The summed E-state index contributed by atoms with van der Waals surface area (Å²) in [6.45, 7) is 4.78. The van der Waals surface area contributed by atoms with Gasteiger partial charge in [0.05, 0.1) is 19.7 Å². The number of hydrogen-bond donors (Lipinski definition) is 2. The maximum atomic E-state index is 11.9. The van der Waals surface area contributed by atoms with Gasteiger partial charge in [-0.05, 0) is 13.8 Å². The largest absolute Gasteiger partial charge is 0.480 e. The lowest BCUT2D eigenvalue weighted by Crippen LogP contribution is -2.65. The van der Waals surface area contributed by atoms with E-state index in [1.165, 1.54) is 4.90 Å². The van der Waals surface area contributed by atoms with Gasteiger partial charge >= 0.3 is 12.0 Å². The maximum absolute atomic E-state index is 11.9. The molecule has 1 aliphatic rings.